The van der Waals surface area contributed by atoms with E-state index in [0.29, 0.717) is 5.56 Å². The Labute approximate surface area is 176 Å². The van der Waals surface area contributed by atoms with Gasteiger partial charge in [-0.3, -0.25) is 0 Å². The Morgan fingerprint density at radius 1 is 0.833 bits per heavy atom. The lowest BCUT2D eigenvalue weighted by atomic mass is 10.1. The highest BCUT2D eigenvalue weighted by Gasteiger charge is 2.31. The average molecular weight is 414 g/mol. The quantitative estimate of drug-likeness (QED) is 0.526. The van der Waals surface area contributed by atoms with Crippen molar-refractivity contribution in [1.82, 2.24) is 0 Å². The molecule has 1 unspecified atom stereocenters. The fraction of sp³-hybridized carbons (Fsp3) is 0.0833. The van der Waals surface area contributed by atoms with Crippen molar-refractivity contribution in [3.05, 3.63) is 96.1 Å². The van der Waals surface area contributed by atoms with Crippen LogP contribution in [-0.4, -0.2) is 13.8 Å². The topological polar surface area (TPSA) is 85.0 Å². The van der Waals surface area contributed by atoms with Crippen LogP contribution in [0.3, 0.4) is 0 Å². The zero-order valence-electron chi connectivity index (χ0n) is 16.3. The van der Waals surface area contributed by atoms with Crippen molar-refractivity contribution in [2.24, 2.45) is 0 Å². The van der Waals surface area contributed by atoms with Gasteiger partial charge in [0.25, 0.3) is 0 Å². The molecule has 5 nitrogen and oxygen atoms in total. The van der Waals surface area contributed by atoms with Crippen molar-refractivity contribution in [3.63, 3.8) is 0 Å². The minimum absolute atomic E-state index is 0.0670. The molecule has 0 aliphatic rings. The number of nitrogens with zero attached hydrogens (tertiary/aromatic N) is 3. The predicted octanol–water partition coefficient (Wildman–Crippen LogP) is 5.08. The summed E-state index contributed by atoms with van der Waals surface area (Å²) in [5, 5.41) is 17.2. The third kappa shape index (κ3) is 4.25. The average Bonchev–Trinajstić information content (AvgIpc) is 2.79. The molecule has 0 fully saturated rings. The summed E-state index contributed by atoms with van der Waals surface area (Å²) in [6.45, 7) is 1.63. The van der Waals surface area contributed by atoms with Crippen molar-refractivity contribution in [2.75, 3.05) is 4.90 Å². The van der Waals surface area contributed by atoms with E-state index in [-0.39, 0.29) is 10.5 Å². The van der Waals surface area contributed by atoms with Crippen LogP contribution in [0.2, 0.25) is 0 Å². The molecule has 1 atom stereocenters. The smallest absolute Gasteiger partial charge is 0.200 e. The van der Waals surface area contributed by atoms with E-state index >= 15 is 0 Å². The van der Waals surface area contributed by atoms with E-state index in [1.165, 1.54) is 12.1 Å². The van der Waals surface area contributed by atoms with Gasteiger partial charge in [-0.05, 0) is 48.9 Å². The summed E-state index contributed by atoms with van der Waals surface area (Å²) in [7, 11) is -3.86. The molecule has 3 rings (SSSR count). The molecule has 0 N–H and O–H groups in total. The van der Waals surface area contributed by atoms with Gasteiger partial charge in [0, 0.05) is 11.4 Å². The van der Waals surface area contributed by atoms with Gasteiger partial charge in [0.1, 0.15) is 23.1 Å². The van der Waals surface area contributed by atoms with Crippen LogP contribution in [0.4, 0.5) is 11.4 Å². The first-order valence-corrected chi connectivity index (χ1v) is 10.8. The van der Waals surface area contributed by atoms with Crippen molar-refractivity contribution in [3.8, 4) is 12.1 Å². The molecular weight excluding hydrogens is 394 g/mol. The molecule has 148 valence electrons. The molecule has 0 saturated heterocycles. The number of rotatable bonds is 6. The van der Waals surface area contributed by atoms with Gasteiger partial charge in [-0.15, -0.1) is 0 Å². The predicted molar refractivity (Wildman–Crippen MR) is 117 cm³/mol. The summed E-state index contributed by atoms with van der Waals surface area (Å²) >= 11 is 0. The summed E-state index contributed by atoms with van der Waals surface area (Å²) in [5.41, 5.74) is 1.63. The van der Waals surface area contributed by atoms with Gasteiger partial charge in [0.05, 0.1) is 4.90 Å². The van der Waals surface area contributed by atoms with Gasteiger partial charge in [0.2, 0.25) is 0 Å². The minimum atomic E-state index is -3.86. The number of allylic oxidation sites excluding steroid dienone is 1. The Morgan fingerprint density at radius 2 is 1.30 bits per heavy atom. The van der Waals surface area contributed by atoms with Crippen molar-refractivity contribution >= 4 is 27.3 Å². The maximum absolute atomic E-state index is 13.7. The van der Waals surface area contributed by atoms with Crippen LogP contribution in [0.25, 0.3) is 6.08 Å². The molecule has 30 heavy (non-hydrogen) atoms. The summed E-state index contributed by atoms with van der Waals surface area (Å²) < 4.78 is 27.3. The Morgan fingerprint density at radius 3 is 1.80 bits per heavy atom. The molecular formula is C24H19N3O2S. The van der Waals surface area contributed by atoms with Gasteiger partial charge in [-0.1, -0.05) is 54.6 Å². The first kappa shape index (κ1) is 20.9. The molecule has 0 saturated carbocycles. The standard InChI is InChI=1S/C24H19N3O2S/c1-19(27(22-11-4-2-5-12-22)23-13-6-3-7-14-23)30(28,29)24-15-9-8-10-21(24)16-20(17-25)18-26/h2-16,19H,1H3. The highest BCUT2D eigenvalue weighted by molar-refractivity contribution is 7.92. The van der Waals surface area contributed by atoms with E-state index in [2.05, 4.69) is 0 Å². The van der Waals surface area contributed by atoms with Gasteiger partial charge in [-0.2, -0.15) is 10.5 Å². The Balaban J connectivity index is 2.15. The number of anilines is 2. The third-order valence-electron chi connectivity index (χ3n) is 4.65. The molecule has 0 aliphatic carbocycles. The Bertz CT molecular complexity index is 1180. The van der Waals surface area contributed by atoms with Gasteiger partial charge in [-0.25, -0.2) is 8.42 Å². The minimum Gasteiger partial charge on any atom is -0.324 e. The number of hydrogen-bond donors (Lipinski definition) is 0. The maximum Gasteiger partial charge on any atom is 0.200 e. The Hall–Kier alpha value is -3.87. The number of benzene rings is 3. The lowest BCUT2D eigenvalue weighted by Gasteiger charge is -2.31. The van der Waals surface area contributed by atoms with Crippen molar-refractivity contribution in [1.29, 1.82) is 10.5 Å². The molecule has 0 heterocycles. The molecule has 0 aromatic heterocycles. The number of nitriles is 2. The van der Waals surface area contributed by atoms with Crippen LogP contribution in [0.1, 0.15) is 12.5 Å². The van der Waals surface area contributed by atoms with Crippen molar-refractivity contribution in [2.45, 2.75) is 17.2 Å². The second-order valence-corrected chi connectivity index (χ2v) is 8.72. The SMILES string of the molecule is CC(N(c1ccccc1)c1ccccc1)S(=O)(=O)c1ccccc1C=C(C#N)C#N. The summed E-state index contributed by atoms with van der Waals surface area (Å²) in [4.78, 5) is 1.82. The second-order valence-electron chi connectivity index (χ2n) is 6.50. The van der Waals surface area contributed by atoms with Crippen LogP contribution < -0.4 is 4.90 Å². The monoisotopic (exact) mass is 413 g/mol. The maximum atomic E-state index is 13.7. The molecule has 0 radical (unpaired) electrons. The van der Waals surface area contributed by atoms with E-state index in [9.17, 15) is 8.42 Å². The molecule has 0 aliphatic heterocycles. The fourth-order valence-corrected chi connectivity index (χ4v) is 4.78. The molecule has 3 aromatic carbocycles. The van der Waals surface area contributed by atoms with Crippen LogP contribution in [0.5, 0.6) is 0 Å². The summed E-state index contributed by atoms with van der Waals surface area (Å²) in [5.74, 6) is 0. The van der Waals surface area contributed by atoms with E-state index in [1.54, 1.807) is 42.2 Å². The zero-order valence-corrected chi connectivity index (χ0v) is 17.1. The van der Waals surface area contributed by atoms with Crippen LogP contribution in [0.15, 0.2) is 95.4 Å². The number of sulfone groups is 1. The van der Waals surface area contributed by atoms with E-state index in [4.69, 9.17) is 10.5 Å². The van der Waals surface area contributed by atoms with Crippen LogP contribution >= 0.6 is 0 Å². The molecule has 0 amide bonds. The fourth-order valence-electron chi connectivity index (χ4n) is 3.17. The third-order valence-corrected chi connectivity index (χ3v) is 6.74. The molecule has 0 spiro atoms. The van der Waals surface area contributed by atoms with Crippen LogP contribution in [0, 0.1) is 22.7 Å². The largest absolute Gasteiger partial charge is 0.324 e. The van der Waals surface area contributed by atoms with Gasteiger partial charge < -0.3 is 4.90 Å². The molecule has 0 bridgehead atoms. The molecule has 6 heteroatoms. The lowest BCUT2D eigenvalue weighted by Crippen LogP contribution is -2.36. The Kier molecular flexibility index (Phi) is 6.32. The van der Waals surface area contributed by atoms with E-state index in [1.807, 2.05) is 60.7 Å². The molecule has 3 aromatic rings. The van der Waals surface area contributed by atoms with Crippen LogP contribution in [-0.2, 0) is 9.84 Å². The summed E-state index contributed by atoms with van der Waals surface area (Å²) in [6, 6.07) is 28.5. The highest BCUT2D eigenvalue weighted by Crippen LogP contribution is 2.33. The van der Waals surface area contributed by atoms with E-state index in [0.717, 1.165) is 11.4 Å². The van der Waals surface area contributed by atoms with E-state index < -0.39 is 15.2 Å². The van der Waals surface area contributed by atoms with Gasteiger partial charge >= 0.3 is 0 Å². The summed E-state index contributed by atoms with van der Waals surface area (Å²) in [6.07, 6.45) is 1.30. The van der Waals surface area contributed by atoms with Crippen molar-refractivity contribution < 1.29 is 8.42 Å². The zero-order chi connectivity index (χ0) is 21.6. The first-order valence-electron chi connectivity index (χ1n) is 9.23. The second kappa shape index (κ2) is 9.09. The number of hydrogen-bond acceptors (Lipinski definition) is 5. The highest BCUT2D eigenvalue weighted by atomic mass is 32.2. The van der Waals surface area contributed by atoms with Gasteiger partial charge in [0.15, 0.2) is 9.84 Å². The number of para-hydroxylation sites is 2. The normalized spacial score (nSPS) is 11.6. The lowest BCUT2D eigenvalue weighted by molar-refractivity contribution is 0.583. The first-order chi connectivity index (χ1) is 14.5.